The minimum Gasteiger partial charge on any atom is -0.462 e. The van der Waals surface area contributed by atoms with Crippen molar-refractivity contribution in [2.45, 2.75) is 277 Å². The quantitative estimate of drug-likeness (QED) is 0.0373. The molecule has 0 spiro atoms. The summed E-state index contributed by atoms with van der Waals surface area (Å²) in [6, 6.07) is 0. The summed E-state index contributed by atoms with van der Waals surface area (Å²) in [6.45, 7) is 3.91. The number of rotatable bonds is 59. The first-order chi connectivity index (χ1) is 40.6. The first-order valence-electron chi connectivity index (χ1n) is 33.3. The van der Waals surface area contributed by atoms with Gasteiger partial charge in [-0.1, -0.05) is 305 Å². The van der Waals surface area contributed by atoms with Crippen molar-refractivity contribution in [3.8, 4) is 0 Å². The van der Waals surface area contributed by atoms with Crippen LogP contribution in [-0.4, -0.2) is 36.4 Å². The van der Waals surface area contributed by atoms with Gasteiger partial charge < -0.3 is 14.6 Å². The lowest BCUT2D eigenvalue weighted by molar-refractivity contribution is -0.161. The fourth-order valence-electron chi connectivity index (χ4n) is 8.79. The standard InChI is InChI=1S/C77H122O5/c1-3-5-7-9-11-13-15-17-19-21-23-25-27-29-31-33-35-36-37-38-39-40-42-44-46-48-50-52-54-56-58-60-62-64-66-68-70-72-77(80)82-75(73-78)74-81-76(79)71-69-67-65-63-61-59-57-55-53-51-49-47-45-43-41-34-32-30-28-26-24-22-20-18-16-14-12-10-8-6-4-2/h5-8,11-14,17-20,23-26,29-32,35-36,38-39,41-44,48,50,75,78H,3-4,9-10,15-16,21-22,27-28,33-34,37,40,45-47,49,51-74H2,1-2H3/b7-5-,8-6-,13-11-,14-12-,19-17-,20-18-,25-23-,26-24-,31-29-,32-30-,36-35-,39-38-,43-41-,44-42-,50-48-. The number of allylic oxidation sites excluding steroid dienone is 30. The Bertz CT molecular complexity index is 1850. The summed E-state index contributed by atoms with van der Waals surface area (Å²) < 4.78 is 10.7. The predicted octanol–water partition coefficient (Wildman–Crippen LogP) is 23.4. The van der Waals surface area contributed by atoms with Crippen molar-refractivity contribution in [3.63, 3.8) is 0 Å². The van der Waals surface area contributed by atoms with Crippen molar-refractivity contribution in [2.24, 2.45) is 0 Å². The summed E-state index contributed by atoms with van der Waals surface area (Å²) in [4.78, 5) is 24.6. The summed E-state index contributed by atoms with van der Waals surface area (Å²) >= 11 is 0. The van der Waals surface area contributed by atoms with Gasteiger partial charge in [0.1, 0.15) is 6.61 Å². The number of unbranched alkanes of at least 4 members (excludes halogenated alkanes) is 21. The van der Waals surface area contributed by atoms with Gasteiger partial charge in [-0.05, 0) is 135 Å². The average Bonchev–Trinajstić information content (AvgIpc) is 3.49. The fourth-order valence-corrected chi connectivity index (χ4v) is 8.79. The molecule has 0 aliphatic heterocycles. The van der Waals surface area contributed by atoms with Crippen LogP contribution in [0, 0.1) is 0 Å². The van der Waals surface area contributed by atoms with E-state index in [-0.39, 0.29) is 25.2 Å². The van der Waals surface area contributed by atoms with E-state index in [1.807, 2.05) is 0 Å². The van der Waals surface area contributed by atoms with Gasteiger partial charge in [0.25, 0.3) is 0 Å². The van der Waals surface area contributed by atoms with E-state index in [9.17, 15) is 14.7 Å². The average molecular weight is 1130 g/mol. The zero-order valence-corrected chi connectivity index (χ0v) is 52.7. The minimum atomic E-state index is -0.791. The summed E-state index contributed by atoms with van der Waals surface area (Å²) in [5, 5.41) is 9.70. The van der Waals surface area contributed by atoms with E-state index in [1.165, 1.54) is 103 Å². The predicted molar refractivity (Wildman–Crippen MR) is 361 cm³/mol. The van der Waals surface area contributed by atoms with E-state index >= 15 is 0 Å². The zero-order valence-electron chi connectivity index (χ0n) is 52.7. The third kappa shape index (κ3) is 67.5. The number of hydrogen-bond acceptors (Lipinski definition) is 5. The van der Waals surface area contributed by atoms with Gasteiger partial charge in [0.15, 0.2) is 6.10 Å². The largest absolute Gasteiger partial charge is 0.462 e. The molecule has 0 aliphatic rings. The molecule has 0 amide bonds. The highest BCUT2D eigenvalue weighted by Crippen LogP contribution is 2.15. The highest BCUT2D eigenvalue weighted by molar-refractivity contribution is 5.70. The molecular weight excluding hydrogens is 1000 g/mol. The monoisotopic (exact) mass is 1130 g/mol. The van der Waals surface area contributed by atoms with Crippen LogP contribution in [0.5, 0.6) is 0 Å². The Labute approximate surface area is 505 Å². The number of ether oxygens (including phenoxy) is 2. The lowest BCUT2D eigenvalue weighted by Gasteiger charge is -2.15. The molecule has 0 radical (unpaired) electrons. The Morgan fingerprint density at radius 3 is 0.732 bits per heavy atom. The topological polar surface area (TPSA) is 72.8 Å². The van der Waals surface area contributed by atoms with Crippen molar-refractivity contribution in [1.82, 2.24) is 0 Å². The van der Waals surface area contributed by atoms with Gasteiger partial charge in [-0.2, -0.15) is 0 Å². The van der Waals surface area contributed by atoms with Crippen LogP contribution in [0.25, 0.3) is 0 Å². The number of carbonyl (C=O) groups is 2. The molecule has 0 aromatic rings. The summed E-state index contributed by atoms with van der Waals surface area (Å²) in [6.07, 6.45) is 110. The molecule has 0 aromatic heterocycles. The van der Waals surface area contributed by atoms with E-state index in [0.717, 1.165) is 141 Å². The van der Waals surface area contributed by atoms with E-state index < -0.39 is 6.10 Å². The molecule has 0 bridgehead atoms. The van der Waals surface area contributed by atoms with Crippen LogP contribution in [0.3, 0.4) is 0 Å². The van der Waals surface area contributed by atoms with Crippen molar-refractivity contribution < 1.29 is 24.2 Å². The molecule has 0 fully saturated rings. The molecule has 0 saturated heterocycles. The highest BCUT2D eigenvalue weighted by atomic mass is 16.6. The maximum absolute atomic E-state index is 12.4. The summed E-state index contributed by atoms with van der Waals surface area (Å²) in [5.41, 5.74) is 0. The van der Waals surface area contributed by atoms with Crippen molar-refractivity contribution in [1.29, 1.82) is 0 Å². The SMILES string of the molecule is CC/C=C\C/C=C\C/C=C\C/C=C\C/C=C\C/C=C\C/C=C\C/C=C\C/C=C\CCCCCCCCCCCC(=O)OC(CO)COC(=O)CCCCCCCCCCCCCC/C=C\C/C=C\C/C=C\C/C=C\C/C=C\C/C=C\CC. The van der Waals surface area contributed by atoms with Gasteiger partial charge in [-0.3, -0.25) is 9.59 Å². The minimum absolute atomic E-state index is 0.0794. The highest BCUT2D eigenvalue weighted by Gasteiger charge is 2.16. The second-order valence-electron chi connectivity index (χ2n) is 21.4. The Morgan fingerprint density at radius 2 is 0.488 bits per heavy atom. The smallest absolute Gasteiger partial charge is 0.306 e. The number of hydrogen-bond donors (Lipinski definition) is 1. The van der Waals surface area contributed by atoms with Crippen LogP contribution in [0.2, 0.25) is 0 Å². The molecule has 0 aliphatic carbocycles. The molecule has 460 valence electrons. The molecule has 5 heteroatoms. The molecule has 0 aromatic carbocycles. The number of carbonyl (C=O) groups excluding carboxylic acids is 2. The first-order valence-corrected chi connectivity index (χ1v) is 33.3. The van der Waals surface area contributed by atoms with Gasteiger partial charge in [-0.15, -0.1) is 0 Å². The van der Waals surface area contributed by atoms with Crippen molar-refractivity contribution >= 4 is 11.9 Å². The zero-order chi connectivity index (χ0) is 59.1. The second kappa shape index (κ2) is 70.3. The first kappa shape index (κ1) is 77.0. The lowest BCUT2D eigenvalue weighted by Crippen LogP contribution is -2.28. The summed E-state index contributed by atoms with van der Waals surface area (Å²) in [7, 11) is 0. The molecule has 0 rings (SSSR count). The molecule has 82 heavy (non-hydrogen) atoms. The van der Waals surface area contributed by atoms with Crippen LogP contribution in [0.4, 0.5) is 0 Å². The maximum Gasteiger partial charge on any atom is 0.306 e. The Kier molecular flexibility index (Phi) is 66.0. The van der Waals surface area contributed by atoms with Crippen LogP contribution >= 0.6 is 0 Å². The van der Waals surface area contributed by atoms with Crippen molar-refractivity contribution in [2.75, 3.05) is 13.2 Å². The molecular formula is C77H122O5. The molecule has 5 nitrogen and oxygen atoms in total. The van der Waals surface area contributed by atoms with E-state index in [4.69, 9.17) is 9.47 Å². The molecule has 1 N–H and O–H groups in total. The van der Waals surface area contributed by atoms with Crippen LogP contribution < -0.4 is 0 Å². The third-order valence-corrected chi connectivity index (χ3v) is 13.7. The van der Waals surface area contributed by atoms with E-state index in [2.05, 4.69) is 196 Å². The van der Waals surface area contributed by atoms with Crippen LogP contribution in [0.15, 0.2) is 182 Å². The number of aliphatic hydroxyl groups is 1. The fraction of sp³-hybridized carbons (Fsp3) is 0.584. The van der Waals surface area contributed by atoms with E-state index in [1.54, 1.807) is 0 Å². The lowest BCUT2D eigenvalue weighted by atomic mass is 10.0. The number of aliphatic hydroxyl groups excluding tert-OH is 1. The van der Waals surface area contributed by atoms with Crippen molar-refractivity contribution in [3.05, 3.63) is 182 Å². The van der Waals surface area contributed by atoms with Gasteiger partial charge in [0.05, 0.1) is 6.61 Å². The molecule has 1 atom stereocenters. The molecule has 1 unspecified atom stereocenters. The van der Waals surface area contributed by atoms with Crippen LogP contribution in [0.1, 0.15) is 271 Å². The Balaban J connectivity index is 3.58. The Hall–Kier alpha value is -5.00. The Morgan fingerprint density at radius 1 is 0.280 bits per heavy atom. The van der Waals surface area contributed by atoms with Gasteiger partial charge >= 0.3 is 11.9 Å². The second-order valence-corrected chi connectivity index (χ2v) is 21.4. The number of esters is 2. The van der Waals surface area contributed by atoms with E-state index in [0.29, 0.717) is 12.8 Å². The molecule has 0 heterocycles. The summed E-state index contributed by atoms with van der Waals surface area (Å²) in [5.74, 6) is -0.607. The molecule has 0 saturated carbocycles. The van der Waals surface area contributed by atoms with Gasteiger partial charge in [0, 0.05) is 12.8 Å². The third-order valence-electron chi connectivity index (χ3n) is 13.7. The van der Waals surface area contributed by atoms with Crippen LogP contribution in [-0.2, 0) is 19.1 Å². The normalized spacial score (nSPS) is 13.5. The maximum atomic E-state index is 12.4. The van der Waals surface area contributed by atoms with Gasteiger partial charge in [-0.25, -0.2) is 0 Å². The van der Waals surface area contributed by atoms with Gasteiger partial charge in [0.2, 0.25) is 0 Å².